The van der Waals surface area contributed by atoms with Gasteiger partial charge in [0, 0.05) is 42.1 Å². The van der Waals surface area contributed by atoms with E-state index in [9.17, 15) is 13.2 Å². The molecular weight excluding hydrogens is 327 g/mol. The van der Waals surface area contributed by atoms with E-state index in [1.54, 1.807) is 43.0 Å². The highest BCUT2D eigenvalue weighted by Crippen LogP contribution is 2.36. The first-order valence-corrected chi connectivity index (χ1v) is 7.57. The molecular formula is C19H12F3N3. The van der Waals surface area contributed by atoms with E-state index in [2.05, 4.69) is 9.97 Å². The van der Waals surface area contributed by atoms with E-state index in [0.29, 0.717) is 16.8 Å². The number of alkyl halides is 3. The van der Waals surface area contributed by atoms with Crippen LogP contribution in [0.1, 0.15) is 5.56 Å². The highest BCUT2D eigenvalue weighted by molar-refractivity contribution is 5.85. The van der Waals surface area contributed by atoms with Crippen molar-refractivity contribution >= 4 is 5.65 Å². The Hall–Kier alpha value is -3.15. The lowest BCUT2D eigenvalue weighted by Crippen LogP contribution is -2.04. The summed E-state index contributed by atoms with van der Waals surface area (Å²) in [4.78, 5) is 8.35. The Balaban J connectivity index is 1.97. The summed E-state index contributed by atoms with van der Waals surface area (Å²) in [5.74, 6) is 0. The van der Waals surface area contributed by atoms with E-state index < -0.39 is 11.7 Å². The maximum Gasteiger partial charge on any atom is 0.416 e. The van der Waals surface area contributed by atoms with Crippen molar-refractivity contribution in [3.63, 3.8) is 0 Å². The normalized spacial score (nSPS) is 11.8. The van der Waals surface area contributed by atoms with Crippen LogP contribution in [-0.2, 0) is 6.18 Å². The molecule has 0 aliphatic carbocycles. The molecule has 0 fully saturated rings. The molecule has 0 saturated heterocycles. The molecule has 3 heterocycles. The number of hydrogen-bond donors (Lipinski definition) is 0. The number of aromatic nitrogens is 3. The van der Waals surface area contributed by atoms with Crippen LogP contribution in [0.15, 0.2) is 73.4 Å². The van der Waals surface area contributed by atoms with E-state index in [1.807, 2.05) is 16.7 Å². The molecule has 0 aliphatic rings. The Kier molecular flexibility index (Phi) is 3.53. The van der Waals surface area contributed by atoms with E-state index >= 15 is 0 Å². The Morgan fingerprint density at radius 1 is 0.880 bits per heavy atom. The monoisotopic (exact) mass is 339 g/mol. The Morgan fingerprint density at radius 2 is 1.72 bits per heavy atom. The summed E-state index contributed by atoms with van der Waals surface area (Å²) in [5.41, 5.74) is 2.77. The molecule has 0 atom stereocenters. The van der Waals surface area contributed by atoms with Crippen molar-refractivity contribution in [2.45, 2.75) is 6.18 Å². The highest BCUT2D eigenvalue weighted by Gasteiger charge is 2.30. The molecule has 3 nitrogen and oxygen atoms in total. The number of halogens is 3. The molecule has 6 heteroatoms. The topological polar surface area (TPSA) is 30.2 Å². The van der Waals surface area contributed by atoms with Crippen molar-refractivity contribution in [1.82, 2.24) is 14.4 Å². The molecule has 0 spiro atoms. The first kappa shape index (κ1) is 15.4. The fourth-order valence-corrected chi connectivity index (χ4v) is 2.82. The predicted octanol–water partition coefficient (Wildman–Crippen LogP) is 5.08. The van der Waals surface area contributed by atoms with Crippen LogP contribution in [0.2, 0.25) is 0 Å². The number of hydrogen-bond acceptors (Lipinski definition) is 2. The fourth-order valence-electron chi connectivity index (χ4n) is 2.82. The number of imidazole rings is 1. The second-order valence-corrected chi connectivity index (χ2v) is 5.61. The standard InChI is InChI=1S/C19H12F3N3/c20-19(21,22)15-5-1-3-13(9-15)16-10-18-24-7-8-25(18)12-17(16)14-4-2-6-23-11-14/h1-12H. The van der Waals surface area contributed by atoms with Gasteiger partial charge in [0.25, 0.3) is 0 Å². The van der Waals surface area contributed by atoms with Gasteiger partial charge < -0.3 is 4.40 Å². The number of fused-ring (bicyclic) bond motifs is 1. The zero-order valence-electron chi connectivity index (χ0n) is 12.9. The summed E-state index contributed by atoms with van der Waals surface area (Å²) in [6.07, 6.45) is 4.26. The van der Waals surface area contributed by atoms with Gasteiger partial charge in [0.1, 0.15) is 5.65 Å². The van der Waals surface area contributed by atoms with Gasteiger partial charge in [-0.1, -0.05) is 18.2 Å². The van der Waals surface area contributed by atoms with Crippen LogP contribution in [0.25, 0.3) is 27.9 Å². The van der Waals surface area contributed by atoms with E-state index in [-0.39, 0.29) is 0 Å². The lowest BCUT2D eigenvalue weighted by molar-refractivity contribution is -0.137. The zero-order chi connectivity index (χ0) is 17.4. The average Bonchev–Trinajstić information content (AvgIpc) is 3.08. The lowest BCUT2D eigenvalue weighted by atomic mass is 9.96. The third kappa shape index (κ3) is 2.87. The smallest absolute Gasteiger partial charge is 0.306 e. The Labute approximate surface area is 141 Å². The maximum absolute atomic E-state index is 13.1. The summed E-state index contributed by atoms with van der Waals surface area (Å²) in [6.45, 7) is 0. The molecule has 0 aliphatic heterocycles. The van der Waals surface area contributed by atoms with Crippen LogP contribution < -0.4 is 0 Å². The number of pyridine rings is 2. The van der Waals surface area contributed by atoms with Gasteiger partial charge in [-0.2, -0.15) is 13.2 Å². The van der Waals surface area contributed by atoms with Crippen molar-refractivity contribution in [3.8, 4) is 22.3 Å². The summed E-state index contributed by atoms with van der Waals surface area (Å²) < 4.78 is 41.1. The summed E-state index contributed by atoms with van der Waals surface area (Å²) in [6, 6.07) is 10.8. The van der Waals surface area contributed by atoms with E-state index in [0.717, 1.165) is 23.3 Å². The van der Waals surface area contributed by atoms with Crippen LogP contribution in [-0.4, -0.2) is 14.4 Å². The number of benzene rings is 1. The molecule has 0 saturated carbocycles. The molecule has 0 radical (unpaired) electrons. The lowest BCUT2D eigenvalue weighted by Gasteiger charge is -2.13. The molecule has 1 aromatic carbocycles. The van der Waals surface area contributed by atoms with Gasteiger partial charge in [-0.25, -0.2) is 4.98 Å². The fraction of sp³-hybridized carbons (Fsp3) is 0.0526. The van der Waals surface area contributed by atoms with Crippen LogP contribution >= 0.6 is 0 Å². The SMILES string of the molecule is FC(F)(F)c1cccc(-c2cc3nccn3cc2-c2cccnc2)c1. The first-order valence-electron chi connectivity index (χ1n) is 7.57. The van der Waals surface area contributed by atoms with Gasteiger partial charge in [-0.15, -0.1) is 0 Å². The predicted molar refractivity (Wildman–Crippen MR) is 88.9 cm³/mol. The van der Waals surface area contributed by atoms with E-state index in [1.165, 1.54) is 6.07 Å². The molecule has 25 heavy (non-hydrogen) atoms. The second kappa shape index (κ2) is 5.73. The molecule has 4 aromatic rings. The molecule has 124 valence electrons. The largest absolute Gasteiger partial charge is 0.416 e. The highest BCUT2D eigenvalue weighted by atomic mass is 19.4. The molecule has 0 unspecified atom stereocenters. The number of nitrogens with zero attached hydrogens (tertiary/aromatic N) is 3. The quantitative estimate of drug-likeness (QED) is 0.510. The van der Waals surface area contributed by atoms with Gasteiger partial charge >= 0.3 is 6.18 Å². The van der Waals surface area contributed by atoms with Gasteiger partial charge in [0.05, 0.1) is 5.56 Å². The van der Waals surface area contributed by atoms with Crippen LogP contribution in [0.4, 0.5) is 13.2 Å². The van der Waals surface area contributed by atoms with Crippen molar-refractivity contribution < 1.29 is 13.2 Å². The van der Waals surface area contributed by atoms with Gasteiger partial charge in [-0.3, -0.25) is 4.98 Å². The molecule has 4 rings (SSSR count). The van der Waals surface area contributed by atoms with Crippen molar-refractivity contribution in [1.29, 1.82) is 0 Å². The zero-order valence-corrected chi connectivity index (χ0v) is 12.9. The summed E-state index contributed by atoms with van der Waals surface area (Å²) in [7, 11) is 0. The molecule has 0 bridgehead atoms. The number of rotatable bonds is 2. The Bertz CT molecular complexity index is 1040. The van der Waals surface area contributed by atoms with Gasteiger partial charge in [0.15, 0.2) is 0 Å². The average molecular weight is 339 g/mol. The van der Waals surface area contributed by atoms with Crippen LogP contribution in [0, 0.1) is 0 Å². The van der Waals surface area contributed by atoms with Crippen molar-refractivity contribution in [2.24, 2.45) is 0 Å². The van der Waals surface area contributed by atoms with E-state index in [4.69, 9.17) is 0 Å². The van der Waals surface area contributed by atoms with Crippen molar-refractivity contribution in [3.05, 3.63) is 79.0 Å². The summed E-state index contributed by atoms with van der Waals surface area (Å²) >= 11 is 0. The van der Waals surface area contributed by atoms with Crippen LogP contribution in [0.3, 0.4) is 0 Å². The molecule has 0 N–H and O–H groups in total. The Morgan fingerprint density at radius 3 is 2.48 bits per heavy atom. The van der Waals surface area contributed by atoms with Crippen LogP contribution in [0.5, 0.6) is 0 Å². The first-order chi connectivity index (χ1) is 12.0. The minimum absolute atomic E-state index is 0.485. The maximum atomic E-state index is 13.1. The van der Waals surface area contributed by atoms with Gasteiger partial charge in [-0.05, 0) is 35.4 Å². The van der Waals surface area contributed by atoms with Gasteiger partial charge in [0.2, 0.25) is 0 Å². The minimum atomic E-state index is -4.39. The van der Waals surface area contributed by atoms with Crippen molar-refractivity contribution in [2.75, 3.05) is 0 Å². The molecule has 0 amide bonds. The second-order valence-electron chi connectivity index (χ2n) is 5.61. The third-order valence-corrected chi connectivity index (χ3v) is 4.00. The minimum Gasteiger partial charge on any atom is -0.306 e. The molecule has 3 aromatic heterocycles. The summed E-state index contributed by atoms with van der Waals surface area (Å²) in [5, 5.41) is 0. The third-order valence-electron chi connectivity index (χ3n) is 4.00.